The maximum absolute atomic E-state index is 13.7. The molecule has 2 heterocycles. The molecule has 8 nitrogen and oxygen atoms in total. The highest BCUT2D eigenvalue weighted by atomic mass is 16.5. The van der Waals surface area contributed by atoms with Crippen LogP contribution in [-0.2, 0) is 11.3 Å². The first-order valence-electron chi connectivity index (χ1n) is 16.1. The maximum Gasteiger partial charge on any atom is 0.248 e. The number of hydrogen-bond donors (Lipinski definition) is 2. The Morgan fingerprint density at radius 1 is 1.09 bits per heavy atom. The van der Waals surface area contributed by atoms with Crippen LogP contribution in [0.25, 0.3) is 22.2 Å². The number of aromatic nitrogens is 1. The van der Waals surface area contributed by atoms with Gasteiger partial charge in [-0.25, -0.2) is 0 Å². The lowest BCUT2D eigenvalue weighted by Gasteiger charge is -2.20. The van der Waals surface area contributed by atoms with Crippen molar-refractivity contribution in [3.8, 4) is 29.4 Å². The number of primary amides is 1. The van der Waals surface area contributed by atoms with Crippen molar-refractivity contribution in [2.75, 3.05) is 49.4 Å². The molecule has 1 aliphatic carbocycles. The summed E-state index contributed by atoms with van der Waals surface area (Å²) in [6, 6.07) is 12.0. The Bertz CT molecular complexity index is 1580. The molecule has 3 aromatic rings. The van der Waals surface area contributed by atoms with Gasteiger partial charge in [0.05, 0.1) is 18.2 Å². The second-order valence-corrected chi connectivity index (χ2v) is 13.2. The van der Waals surface area contributed by atoms with Crippen molar-refractivity contribution in [3.05, 3.63) is 65.4 Å². The highest BCUT2D eigenvalue weighted by molar-refractivity contribution is 6.01. The Labute approximate surface area is 276 Å². The standard InChI is InChI=1S/C32H35N3O3.2C3H9N/c1-5-8-15-34-31(37)32-18-26(32)25-17-22(38-4)12-14-23(25)29-28(20(9-6-2)10-7-3)24-13-11-21(30(33)36)16-27(24)35(29)19-32;2*1-4(2)3/h1,8,11-17,20,26H,6-7,9-10,18-19H2,2-4H3,(H2,33,36)(H,34,37);2*1-3H3/b15-8-;;. The summed E-state index contributed by atoms with van der Waals surface area (Å²) in [5, 5.41) is 4.05. The monoisotopic (exact) mass is 627 g/mol. The number of nitrogens with two attached hydrogens (primary N) is 1. The fourth-order valence-electron chi connectivity index (χ4n) is 6.50. The van der Waals surface area contributed by atoms with Crippen molar-refractivity contribution >= 4 is 22.7 Å². The van der Waals surface area contributed by atoms with Gasteiger partial charge in [0.2, 0.25) is 11.8 Å². The predicted molar refractivity (Wildman–Crippen MR) is 190 cm³/mol. The van der Waals surface area contributed by atoms with Crippen LogP contribution in [0.15, 0.2) is 48.7 Å². The van der Waals surface area contributed by atoms with Crippen molar-refractivity contribution in [2.24, 2.45) is 11.1 Å². The summed E-state index contributed by atoms with van der Waals surface area (Å²) in [7, 11) is 13.7. The molecular weight excluding hydrogens is 574 g/mol. The van der Waals surface area contributed by atoms with Crippen molar-refractivity contribution in [1.29, 1.82) is 0 Å². The zero-order valence-electron chi connectivity index (χ0n) is 29.2. The summed E-state index contributed by atoms with van der Waals surface area (Å²) < 4.78 is 7.89. The van der Waals surface area contributed by atoms with Gasteiger partial charge in [-0.1, -0.05) is 38.7 Å². The van der Waals surface area contributed by atoms with Gasteiger partial charge in [-0.2, -0.15) is 0 Å². The van der Waals surface area contributed by atoms with Crippen LogP contribution < -0.4 is 15.8 Å². The largest absolute Gasteiger partial charge is 0.497 e. The van der Waals surface area contributed by atoms with Gasteiger partial charge in [-0.05, 0) is 109 Å². The molecule has 3 N–H and O–H groups in total. The summed E-state index contributed by atoms with van der Waals surface area (Å²) in [6.45, 7) is 4.95. The van der Waals surface area contributed by atoms with Crippen LogP contribution >= 0.6 is 0 Å². The number of ether oxygens (including phenoxy) is 1. The molecule has 1 aliphatic heterocycles. The number of benzene rings is 2. The third kappa shape index (κ3) is 8.01. The zero-order valence-corrected chi connectivity index (χ0v) is 29.2. The molecule has 0 bridgehead atoms. The molecule has 46 heavy (non-hydrogen) atoms. The minimum absolute atomic E-state index is 0.0461. The molecule has 2 atom stereocenters. The van der Waals surface area contributed by atoms with Gasteiger partial charge in [0, 0.05) is 46.8 Å². The van der Waals surface area contributed by atoms with E-state index in [0.29, 0.717) is 18.0 Å². The lowest BCUT2D eigenvalue weighted by molar-refractivity contribution is -0.126. The fourth-order valence-corrected chi connectivity index (χ4v) is 6.50. The van der Waals surface area contributed by atoms with E-state index in [2.05, 4.69) is 41.8 Å². The minimum atomic E-state index is -0.637. The van der Waals surface area contributed by atoms with Gasteiger partial charge >= 0.3 is 0 Å². The number of carbonyl (C=O) groups excluding carboxylic acids is 2. The number of rotatable bonds is 9. The summed E-state index contributed by atoms with van der Waals surface area (Å²) >= 11 is 0. The predicted octanol–water partition coefficient (Wildman–Crippen LogP) is 6.21. The van der Waals surface area contributed by atoms with Gasteiger partial charge < -0.3 is 30.2 Å². The van der Waals surface area contributed by atoms with Crippen molar-refractivity contribution < 1.29 is 14.3 Å². The number of hydrogen-bond acceptors (Lipinski definition) is 5. The zero-order chi connectivity index (χ0) is 34.2. The third-order valence-electron chi connectivity index (χ3n) is 8.32. The molecule has 2 aromatic carbocycles. The van der Waals surface area contributed by atoms with E-state index in [4.69, 9.17) is 16.9 Å². The highest BCUT2D eigenvalue weighted by Gasteiger charge is 2.62. The van der Waals surface area contributed by atoms with Crippen LogP contribution in [0.4, 0.5) is 0 Å². The first-order valence-corrected chi connectivity index (χ1v) is 16.1. The van der Waals surface area contributed by atoms with Crippen molar-refractivity contribution in [3.63, 3.8) is 0 Å². The Balaban J connectivity index is 0.000000647. The van der Waals surface area contributed by atoms with E-state index in [1.807, 2.05) is 76.4 Å². The van der Waals surface area contributed by atoms with Crippen LogP contribution in [0.3, 0.4) is 0 Å². The SMILES string of the molecule is C#C/C=C\NC(=O)C12CC1c1cc(OC)ccc1-c1c(C(CCC)CCC)c3ccc(C(N)=O)cc3n1C2.CN(C)C.CN(C)C. The number of terminal acetylenes is 1. The summed E-state index contributed by atoms with van der Waals surface area (Å²) in [5.74, 6) is 3.10. The average molecular weight is 628 g/mol. The van der Waals surface area contributed by atoms with E-state index >= 15 is 0 Å². The van der Waals surface area contributed by atoms with Crippen molar-refractivity contribution in [2.45, 2.75) is 64.3 Å². The molecule has 248 valence electrons. The minimum Gasteiger partial charge on any atom is -0.497 e. The number of methoxy groups -OCH3 is 1. The summed E-state index contributed by atoms with van der Waals surface area (Å²) in [5.41, 5.74) is 11.2. The Hall–Kier alpha value is -4.06. The number of carbonyl (C=O) groups is 2. The highest BCUT2D eigenvalue weighted by Crippen LogP contribution is 2.65. The van der Waals surface area contributed by atoms with Gasteiger partial charge in [-0.15, -0.1) is 6.42 Å². The van der Waals surface area contributed by atoms with Crippen LogP contribution in [0, 0.1) is 17.8 Å². The first kappa shape index (κ1) is 36.4. The van der Waals surface area contributed by atoms with E-state index in [1.54, 1.807) is 7.11 Å². The molecule has 1 aromatic heterocycles. The van der Waals surface area contributed by atoms with Crippen LogP contribution in [0.5, 0.6) is 5.75 Å². The number of allylic oxidation sites excluding steroid dienone is 1. The van der Waals surface area contributed by atoms with Crippen LogP contribution in [0.2, 0.25) is 0 Å². The quantitative estimate of drug-likeness (QED) is 0.276. The maximum atomic E-state index is 13.7. The van der Waals surface area contributed by atoms with Gasteiger partial charge in [0.25, 0.3) is 0 Å². The summed E-state index contributed by atoms with van der Waals surface area (Å²) in [4.78, 5) is 29.9. The van der Waals surface area contributed by atoms with E-state index in [1.165, 1.54) is 17.8 Å². The molecule has 0 spiro atoms. The Morgan fingerprint density at radius 2 is 1.72 bits per heavy atom. The van der Waals surface area contributed by atoms with E-state index in [9.17, 15) is 9.59 Å². The number of fused-ring (bicyclic) bond motifs is 7. The summed E-state index contributed by atoms with van der Waals surface area (Å²) in [6.07, 6.45) is 13.4. The molecule has 0 saturated heterocycles. The number of nitrogens with one attached hydrogen (secondary N) is 1. The first-order chi connectivity index (χ1) is 21.9. The van der Waals surface area contributed by atoms with Crippen molar-refractivity contribution in [1.82, 2.24) is 19.7 Å². The second-order valence-electron chi connectivity index (χ2n) is 13.2. The van der Waals surface area contributed by atoms with Gasteiger partial charge in [0.15, 0.2) is 0 Å². The third-order valence-corrected chi connectivity index (χ3v) is 8.32. The lowest BCUT2D eigenvalue weighted by Crippen LogP contribution is -2.32. The van der Waals surface area contributed by atoms with E-state index < -0.39 is 11.3 Å². The van der Waals surface area contributed by atoms with Crippen LogP contribution in [0.1, 0.15) is 79.3 Å². The number of nitrogens with zero attached hydrogens (tertiary/aromatic N) is 3. The smallest absolute Gasteiger partial charge is 0.248 e. The second kappa shape index (κ2) is 16.0. The van der Waals surface area contributed by atoms with Gasteiger partial charge in [0.1, 0.15) is 5.75 Å². The molecule has 8 heteroatoms. The molecule has 1 saturated carbocycles. The number of amides is 2. The fraction of sp³-hybridized carbons (Fsp3) is 0.474. The molecule has 2 unspecified atom stereocenters. The Morgan fingerprint density at radius 3 is 2.26 bits per heavy atom. The topological polar surface area (TPSA) is 92.8 Å². The van der Waals surface area contributed by atoms with E-state index in [-0.39, 0.29) is 11.8 Å². The Kier molecular flexibility index (Phi) is 12.6. The lowest BCUT2D eigenvalue weighted by atomic mass is 9.85. The molecular formula is C38H53N5O3. The van der Waals surface area contributed by atoms with Crippen LogP contribution in [-0.4, -0.2) is 75.6 Å². The molecule has 2 amide bonds. The average Bonchev–Trinajstić information content (AvgIpc) is 3.66. The molecule has 1 fully saturated rings. The molecule has 2 aliphatic rings. The van der Waals surface area contributed by atoms with E-state index in [0.717, 1.165) is 65.6 Å². The molecule has 5 rings (SSSR count). The molecule has 0 radical (unpaired) electrons. The normalized spacial score (nSPS) is 17.6. The van der Waals surface area contributed by atoms with Gasteiger partial charge in [-0.3, -0.25) is 9.59 Å².